The molecule has 0 aromatic rings. The third-order valence-corrected chi connectivity index (χ3v) is 7.19. The number of carbonyl (C=O) groups is 2. The zero-order chi connectivity index (χ0) is 12.9. The van der Waals surface area contributed by atoms with E-state index < -0.39 is 0 Å². The monoisotopic (exact) mass is 352 g/mol. The van der Waals surface area contributed by atoms with Crippen molar-refractivity contribution < 1.29 is 18.0 Å². The first-order chi connectivity index (χ1) is 8.20. The standard InChI is InChI=1S/C7H12O4S6/c1-10-14-6(8)16-12-4-3-5-13-17-7(9)15-11-2/h3-5H2,1-2H3. The van der Waals surface area contributed by atoms with Crippen LogP contribution in [0.25, 0.3) is 0 Å². The molecular formula is C7H12O4S6. The molecule has 0 spiro atoms. The molecule has 0 rings (SSSR count). The summed E-state index contributed by atoms with van der Waals surface area (Å²) in [5.41, 5.74) is 0. The molecule has 0 amide bonds. The zero-order valence-corrected chi connectivity index (χ0v) is 14.1. The third kappa shape index (κ3) is 13.6. The second kappa shape index (κ2) is 13.8. The minimum Gasteiger partial charge on any atom is -0.311 e. The minimum atomic E-state index is -0.0498. The highest BCUT2D eigenvalue weighted by molar-refractivity contribution is 8.86. The van der Waals surface area contributed by atoms with Crippen LogP contribution in [0, 0.1) is 0 Å². The molecule has 0 bridgehead atoms. The van der Waals surface area contributed by atoms with Crippen molar-refractivity contribution in [1.29, 1.82) is 0 Å². The quantitative estimate of drug-likeness (QED) is 0.340. The fourth-order valence-electron chi connectivity index (χ4n) is 0.520. The first kappa shape index (κ1) is 18.4. The van der Waals surface area contributed by atoms with Crippen molar-refractivity contribution >= 4 is 76.2 Å². The SMILES string of the molecule is COSC(=O)SSCCCSSC(=O)SOC. The zero-order valence-electron chi connectivity index (χ0n) is 9.20. The predicted molar refractivity (Wildman–Crippen MR) is 84.7 cm³/mol. The van der Waals surface area contributed by atoms with Crippen LogP contribution in [-0.4, -0.2) is 34.6 Å². The van der Waals surface area contributed by atoms with E-state index in [2.05, 4.69) is 8.37 Å². The Bertz CT molecular complexity index is 204. The highest BCUT2D eigenvalue weighted by Gasteiger charge is 2.05. The maximum absolute atomic E-state index is 11.0. The van der Waals surface area contributed by atoms with E-state index >= 15 is 0 Å². The molecular weight excluding hydrogens is 340 g/mol. The van der Waals surface area contributed by atoms with Crippen LogP contribution in [0.5, 0.6) is 0 Å². The van der Waals surface area contributed by atoms with Crippen LogP contribution in [0.1, 0.15) is 6.42 Å². The molecule has 0 aliphatic heterocycles. The molecule has 0 aliphatic rings. The average molecular weight is 353 g/mol. The normalized spacial score (nSPS) is 10.5. The molecule has 100 valence electrons. The van der Waals surface area contributed by atoms with E-state index in [1.54, 1.807) is 0 Å². The summed E-state index contributed by atoms with van der Waals surface area (Å²) in [6, 6.07) is 0. The molecule has 0 aliphatic carbocycles. The highest BCUT2D eigenvalue weighted by Crippen LogP contribution is 2.32. The van der Waals surface area contributed by atoms with Gasteiger partial charge in [-0.05, 0) is 28.0 Å². The van der Waals surface area contributed by atoms with Gasteiger partial charge in [0, 0.05) is 11.5 Å². The maximum Gasteiger partial charge on any atom is 0.283 e. The summed E-state index contributed by atoms with van der Waals surface area (Å²) in [5, 5.41) is 0. The summed E-state index contributed by atoms with van der Waals surface area (Å²) in [4.78, 5) is 22.0. The smallest absolute Gasteiger partial charge is 0.283 e. The fourth-order valence-corrected chi connectivity index (χ4v) is 5.64. The lowest BCUT2D eigenvalue weighted by Crippen LogP contribution is -1.84. The van der Waals surface area contributed by atoms with Crippen molar-refractivity contribution in [1.82, 2.24) is 0 Å². The summed E-state index contributed by atoms with van der Waals surface area (Å²) in [5.74, 6) is 1.75. The lowest BCUT2D eigenvalue weighted by atomic mass is 10.6. The van der Waals surface area contributed by atoms with E-state index in [1.807, 2.05) is 0 Å². The van der Waals surface area contributed by atoms with E-state index in [0.29, 0.717) is 0 Å². The van der Waals surface area contributed by atoms with E-state index in [4.69, 9.17) is 0 Å². The van der Waals surface area contributed by atoms with Gasteiger partial charge in [-0.15, -0.1) is 0 Å². The van der Waals surface area contributed by atoms with Crippen molar-refractivity contribution in [2.24, 2.45) is 0 Å². The molecule has 0 radical (unpaired) electrons. The second-order valence-electron chi connectivity index (χ2n) is 2.16. The molecule has 10 heteroatoms. The summed E-state index contributed by atoms with van der Waals surface area (Å²) in [7, 11) is 8.30. The van der Waals surface area contributed by atoms with Gasteiger partial charge in [-0.1, -0.05) is 21.6 Å². The van der Waals surface area contributed by atoms with Gasteiger partial charge in [-0.25, -0.2) is 0 Å². The van der Waals surface area contributed by atoms with Crippen molar-refractivity contribution in [2.75, 3.05) is 25.7 Å². The summed E-state index contributed by atoms with van der Waals surface area (Å²) < 4.78 is 9.15. The van der Waals surface area contributed by atoms with Gasteiger partial charge in [0.05, 0.1) is 38.3 Å². The lowest BCUT2D eigenvalue weighted by molar-refractivity contribution is 0.274. The summed E-state index contributed by atoms with van der Waals surface area (Å²) >= 11 is 1.68. The minimum absolute atomic E-state index is 0.0498. The molecule has 0 saturated heterocycles. The summed E-state index contributed by atoms with van der Waals surface area (Å²) in [6.07, 6.45) is 0.950. The van der Waals surface area contributed by atoms with E-state index in [1.165, 1.54) is 57.4 Å². The van der Waals surface area contributed by atoms with Crippen LogP contribution in [-0.2, 0) is 8.37 Å². The number of rotatable bonds is 8. The first-order valence-corrected chi connectivity index (χ1v) is 10.4. The van der Waals surface area contributed by atoms with E-state index in [-0.39, 0.29) is 8.89 Å². The summed E-state index contributed by atoms with van der Waals surface area (Å²) in [6.45, 7) is 0. The number of carbonyl (C=O) groups excluding carboxylic acids is 2. The van der Waals surface area contributed by atoms with Crippen molar-refractivity contribution in [2.45, 2.75) is 6.42 Å². The maximum atomic E-state index is 11.0. The molecule has 0 aromatic carbocycles. The number of hydrogen-bond acceptors (Lipinski definition) is 10. The van der Waals surface area contributed by atoms with Crippen molar-refractivity contribution in [3.8, 4) is 0 Å². The topological polar surface area (TPSA) is 52.6 Å². The first-order valence-electron chi connectivity index (χ1n) is 4.29. The molecule has 0 aromatic heterocycles. The molecule has 0 fully saturated rings. The largest absolute Gasteiger partial charge is 0.311 e. The molecule has 0 unspecified atom stereocenters. The van der Waals surface area contributed by atoms with Crippen LogP contribution in [0.3, 0.4) is 0 Å². The third-order valence-electron chi connectivity index (χ3n) is 1.01. The molecule has 0 atom stereocenters. The molecule has 0 heterocycles. The van der Waals surface area contributed by atoms with Crippen LogP contribution < -0.4 is 0 Å². The van der Waals surface area contributed by atoms with Crippen molar-refractivity contribution in [3.05, 3.63) is 0 Å². The van der Waals surface area contributed by atoms with Gasteiger partial charge in [0.1, 0.15) is 0 Å². The van der Waals surface area contributed by atoms with Crippen LogP contribution in [0.4, 0.5) is 9.59 Å². The van der Waals surface area contributed by atoms with Crippen molar-refractivity contribution in [3.63, 3.8) is 0 Å². The Morgan fingerprint density at radius 3 is 1.65 bits per heavy atom. The van der Waals surface area contributed by atoms with E-state index in [9.17, 15) is 9.59 Å². The van der Waals surface area contributed by atoms with Crippen LogP contribution in [0.2, 0.25) is 0 Å². The van der Waals surface area contributed by atoms with Gasteiger partial charge in [0.15, 0.2) is 0 Å². The van der Waals surface area contributed by atoms with Gasteiger partial charge in [0.2, 0.25) is 0 Å². The highest BCUT2D eigenvalue weighted by atomic mass is 33.1. The average Bonchev–Trinajstić information content (AvgIpc) is 2.28. The Hall–Kier alpha value is 1.36. The van der Waals surface area contributed by atoms with Gasteiger partial charge >= 0.3 is 0 Å². The molecule has 0 saturated carbocycles. The van der Waals surface area contributed by atoms with Crippen LogP contribution >= 0.6 is 67.3 Å². The Labute approximate surface area is 125 Å². The Morgan fingerprint density at radius 2 is 1.29 bits per heavy atom. The molecule has 17 heavy (non-hydrogen) atoms. The Balaban J connectivity index is 3.18. The lowest BCUT2D eigenvalue weighted by Gasteiger charge is -1.99. The van der Waals surface area contributed by atoms with Gasteiger partial charge in [-0.3, -0.25) is 9.59 Å². The van der Waals surface area contributed by atoms with Crippen LogP contribution in [0.15, 0.2) is 0 Å². The number of hydrogen-bond donors (Lipinski definition) is 0. The molecule has 0 N–H and O–H groups in total. The molecule has 4 nitrogen and oxygen atoms in total. The predicted octanol–water partition coefficient (Wildman–Crippen LogP) is 4.97. The van der Waals surface area contributed by atoms with Gasteiger partial charge in [0.25, 0.3) is 8.89 Å². The fraction of sp³-hybridized carbons (Fsp3) is 0.714. The van der Waals surface area contributed by atoms with E-state index in [0.717, 1.165) is 42.0 Å². The van der Waals surface area contributed by atoms with Gasteiger partial charge in [-0.2, -0.15) is 0 Å². The Kier molecular flexibility index (Phi) is 14.9. The van der Waals surface area contributed by atoms with Gasteiger partial charge < -0.3 is 8.37 Å². The Morgan fingerprint density at radius 1 is 0.882 bits per heavy atom. The second-order valence-corrected chi connectivity index (χ2v) is 9.20.